The van der Waals surface area contributed by atoms with Gasteiger partial charge in [-0.3, -0.25) is 9.59 Å². The molecule has 0 aromatic carbocycles. The van der Waals surface area contributed by atoms with Gasteiger partial charge in [-0.2, -0.15) is 5.10 Å². The Bertz CT molecular complexity index is 727. The van der Waals surface area contributed by atoms with Gasteiger partial charge in [0.25, 0.3) is 5.56 Å². The smallest absolute Gasteiger partial charge is 0.287 e. The zero-order valence-electron chi connectivity index (χ0n) is 22.1. The molecular formula is C26H47ClN4O3. The van der Waals surface area contributed by atoms with Crippen LogP contribution < -0.4 is 10.9 Å². The van der Waals surface area contributed by atoms with Gasteiger partial charge >= 0.3 is 0 Å². The number of nitrogens with zero attached hydrogens (tertiary/aromatic N) is 3. The van der Waals surface area contributed by atoms with Crippen LogP contribution >= 0.6 is 11.6 Å². The fraction of sp³-hybridized carbons (Fsp3) is 0.808. The number of hydrogen-bond acceptors (Lipinski definition) is 5. The molecular weight excluding hydrogens is 452 g/mol. The fourth-order valence-corrected chi connectivity index (χ4v) is 4.56. The van der Waals surface area contributed by atoms with Gasteiger partial charge in [0.15, 0.2) is 0 Å². The molecule has 1 saturated carbocycles. The summed E-state index contributed by atoms with van der Waals surface area (Å²) in [7, 11) is 1.71. The molecule has 8 heteroatoms. The van der Waals surface area contributed by atoms with Crippen molar-refractivity contribution in [1.29, 1.82) is 0 Å². The summed E-state index contributed by atoms with van der Waals surface area (Å²) in [6.45, 7) is 12.1. The zero-order valence-corrected chi connectivity index (χ0v) is 22.8. The number of nitrogens with one attached hydrogen (secondary N) is 1. The molecule has 34 heavy (non-hydrogen) atoms. The molecule has 0 atom stereocenters. The number of carbonyl (C=O) groups is 1. The van der Waals surface area contributed by atoms with Crippen molar-refractivity contribution in [3.05, 3.63) is 21.6 Å². The maximum Gasteiger partial charge on any atom is 0.287 e. The van der Waals surface area contributed by atoms with Gasteiger partial charge < -0.3 is 15.0 Å². The van der Waals surface area contributed by atoms with Crippen LogP contribution in [0.5, 0.6) is 0 Å². The van der Waals surface area contributed by atoms with Crippen LogP contribution in [0.25, 0.3) is 0 Å². The molecule has 2 aliphatic heterocycles. The standard InChI is InChI=1S/C16H23ClN4O2.C5H10O.C3H8.C2H6/c1-18-13-10-19-21(16(23)14(13)17)12-6-4-11(5-7-12)15(22)20-8-2-3-9-20;1-2-4-6-5-3-1;1-3-2;1-2/h10-12,18H,2-9H2,1H3;1-5H2;3H2,1-2H3;1-2H3. The first kappa shape index (κ1) is 30.4. The molecule has 0 spiro atoms. The molecule has 2 saturated heterocycles. The Kier molecular flexibility index (Phi) is 15.9. The molecule has 7 nitrogen and oxygen atoms in total. The monoisotopic (exact) mass is 498 g/mol. The summed E-state index contributed by atoms with van der Waals surface area (Å²) in [4.78, 5) is 26.8. The lowest BCUT2D eigenvalue weighted by Gasteiger charge is -2.30. The quantitative estimate of drug-likeness (QED) is 0.559. The fourth-order valence-electron chi connectivity index (χ4n) is 4.33. The number of aromatic nitrogens is 2. The first-order valence-corrected chi connectivity index (χ1v) is 13.7. The average Bonchev–Trinajstić information content (AvgIpc) is 3.44. The number of amides is 1. The van der Waals surface area contributed by atoms with E-state index in [9.17, 15) is 9.59 Å². The van der Waals surface area contributed by atoms with Crippen molar-refractivity contribution in [2.45, 2.75) is 97.9 Å². The van der Waals surface area contributed by atoms with Crippen LogP contribution in [0.15, 0.2) is 11.0 Å². The van der Waals surface area contributed by atoms with Crippen LogP contribution in [0, 0.1) is 5.92 Å². The third-order valence-corrected chi connectivity index (χ3v) is 6.47. The summed E-state index contributed by atoms with van der Waals surface area (Å²) < 4.78 is 6.56. The van der Waals surface area contributed by atoms with E-state index in [1.54, 1.807) is 13.2 Å². The van der Waals surface area contributed by atoms with Crippen LogP contribution in [-0.4, -0.2) is 53.9 Å². The lowest BCUT2D eigenvalue weighted by molar-refractivity contribution is -0.135. The molecule has 3 fully saturated rings. The number of carbonyl (C=O) groups excluding carboxylic acids is 1. The normalized spacial score (nSPS) is 21.6. The van der Waals surface area contributed by atoms with E-state index < -0.39 is 0 Å². The molecule has 3 heterocycles. The predicted molar refractivity (Wildman–Crippen MR) is 142 cm³/mol. The summed E-state index contributed by atoms with van der Waals surface area (Å²) >= 11 is 6.09. The Morgan fingerprint density at radius 1 is 1.06 bits per heavy atom. The highest BCUT2D eigenvalue weighted by Crippen LogP contribution is 2.33. The van der Waals surface area contributed by atoms with E-state index >= 15 is 0 Å². The van der Waals surface area contributed by atoms with E-state index in [-0.39, 0.29) is 22.5 Å². The third-order valence-electron chi connectivity index (χ3n) is 6.10. The van der Waals surface area contributed by atoms with Crippen LogP contribution in [0.3, 0.4) is 0 Å². The van der Waals surface area contributed by atoms with Crippen LogP contribution in [-0.2, 0) is 9.53 Å². The summed E-state index contributed by atoms with van der Waals surface area (Å²) in [6, 6.07) is 0.0357. The van der Waals surface area contributed by atoms with E-state index in [1.165, 1.54) is 30.4 Å². The number of anilines is 1. The molecule has 1 aliphatic carbocycles. The van der Waals surface area contributed by atoms with E-state index in [0.717, 1.165) is 64.8 Å². The molecule has 4 rings (SSSR count). The Hall–Kier alpha value is -1.60. The maximum absolute atomic E-state index is 12.5. The second kappa shape index (κ2) is 17.8. The number of hydrogen-bond donors (Lipinski definition) is 1. The Morgan fingerprint density at radius 2 is 1.62 bits per heavy atom. The molecule has 1 aromatic rings. The van der Waals surface area contributed by atoms with E-state index in [0.29, 0.717) is 11.6 Å². The molecule has 0 bridgehead atoms. The second-order valence-electron chi connectivity index (χ2n) is 8.79. The Labute approximate surface area is 211 Å². The summed E-state index contributed by atoms with van der Waals surface area (Å²) in [6.07, 6.45) is 12.2. The highest BCUT2D eigenvalue weighted by Gasteiger charge is 2.32. The Balaban J connectivity index is 0.000000439. The van der Waals surface area contributed by atoms with Gasteiger partial charge in [0.05, 0.1) is 17.9 Å². The SMILES string of the molecule is C1CCOCC1.CC.CCC.CNc1cnn(C2CCC(C(=O)N3CCCC3)CC2)c(=O)c1Cl. The minimum atomic E-state index is -0.257. The average molecular weight is 499 g/mol. The lowest BCUT2D eigenvalue weighted by Crippen LogP contribution is -2.37. The van der Waals surface area contributed by atoms with Crippen molar-refractivity contribution < 1.29 is 9.53 Å². The Morgan fingerprint density at radius 3 is 2.06 bits per heavy atom. The first-order chi connectivity index (χ1) is 16.5. The van der Waals surface area contributed by atoms with Crippen molar-refractivity contribution >= 4 is 23.2 Å². The number of halogens is 1. The molecule has 196 valence electrons. The highest BCUT2D eigenvalue weighted by atomic mass is 35.5. The van der Waals surface area contributed by atoms with Crippen molar-refractivity contribution in [3.8, 4) is 0 Å². The van der Waals surface area contributed by atoms with Crippen LogP contribution in [0.4, 0.5) is 5.69 Å². The zero-order chi connectivity index (χ0) is 25.3. The van der Waals surface area contributed by atoms with Crippen molar-refractivity contribution in [1.82, 2.24) is 14.7 Å². The van der Waals surface area contributed by atoms with Crippen molar-refractivity contribution in [2.24, 2.45) is 5.92 Å². The number of rotatable bonds is 3. The van der Waals surface area contributed by atoms with Gasteiger partial charge in [-0.05, 0) is 57.8 Å². The highest BCUT2D eigenvalue weighted by molar-refractivity contribution is 6.32. The largest absolute Gasteiger partial charge is 0.385 e. The first-order valence-electron chi connectivity index (χ1n) is 13.3. The number of likely N-dealkylation sites (tertiary alicyclic amines) is 1. The van der Waals surface area contributed by atoms with Crippen molar-refractivity contribution in [3.63, 3.8) is 0 Å². The van der Waals surface area contributed by atoms with Gasteiger partial charge in [-0.1, -0.05) is 45.7 Å². The van der Waals surface area contributed by atoms with Gasteiger partial charge in [0.1, 0.15) is 5.02 Å². The predicted octanol–water partition coefficient (Wildman–Crippen LogP) is 5.92. The van der Waals surface area contributed by atoms with E-state index in [2.05, 4.69) is 24.3 Å². The van der Waals surface area contributed by atoms with Gasteiger partial charge in [0.2, 0.25) is 5.91 Å². The second-order valence-corrected chi connectivity index (χ2v) is 9.17. The van der Waals surface area contributed by atoms with Crippen LogP contribution in [0.1, 0.15) is 97.9 Å². The molecule has 3 aliphatic rings. The molecule has 0 radical (unpaired) electrons. The summed E-state index contributed by atoms with van der Waals surface area (Å²) in [5, 5.41) is 7.28. The van der Waals surface area contributed by atoms with Crippen LogP contribution in [0.2, 0.25) is 5.02 Å². The third kappa shape index (κ3) is 9.57. The maximum atomic E-state index is 12.5. The minimum Gasteiger partial charge on any atom is -0.385 e. The topological polar surface area (TPSA) is 76.5 Å². The van der Waals surface area contributed by atoms with E-state index in [4.69, 9.17) is 16.3 Å². The lowest BCUT2D eigenvalue weighted by atomic mass is 9.85. The molecule has 0 unspecified atom stereocenters. The minimum absolute atomic E-state index is 0.0357. The molecule has 1 N–H and O–H groups in total. The van der Waals surface area contributed by atoms with Crippen molar-refractivity contribution in [2.75, 3.05) is 38.7 Å². The summed E-state index contributed by atoms with van der Waals surface area (Å²) in [5.74, 6) is 0.400. The summed E-state index contributed by atoms with van der Waals surface area (Å²) in [5.41, 5.74) is 0.290. The number of ether oxygens (including phenoxy) is 1. The van der Waals surface area contributed by atoms with Gasteiger partial charge in [-0.25, -0.2) is 4.68 Å². The molecule has 1 amide bonds. The van der Waals surface area contributed by atoms with Gasteiger partial charge in [-0.15, -0.1) is 0 Å². The molecule has 1 aromatic heterocycles. The van der Waals surface area contributed by atoms with E-state index in [1.807, 2.05) is 18.7 Å². The van der Waals surface area contributed by atoms with Gasteiger partial charge in [0, 0.05) is 39.3 Å².